The molecule has 1 aliphatic carbocycles. The smallest absolute Gasteiger partial charge is 0.444 e. The fourth-order valence-corrected chi connectivity index (χ4v) is 4.14. The summed E-state index contributed by atoms with van der Waals surface area (Å²) in [5.74, 6) is -0.167. The maximum atomic E-state index is 12.4. The first kappa shape index (κ1) is 21.8. The Morgan fingerprint density at radius 2 is 1.89 bits per heavy atom. The Morgan fingerprint density at radius 3 is 2.33 bits per heavy atom. The van der Waals surface area contributed by atoms with Crippen LogP contribution >= 0.6 is 0 Å². The number of carbonyl (C=O) groups excluding carboxylic acids is 1. The lowest BCUT2D eigenvalue weighted by Crippen LogP contribution is -2.50. The van der Waals surface area contributed by atoms with Crippen molar-refractivity contribution in [1.82, 2.24) is 4.90 Å². The zero-order valence-corrected chi connectivity index (χ0v) is 16.7. The van der Waals surface area contributed by atoms with Crippen LogP contribution in [0.2, 0.25) is 0 Å². The van der Waals surface area contributed by atoms with Crippen LogP contribution in [0.4, 0.5) is 18.0 Å². The van der Waals surface area contributed by atoms with Gasteiger partial charge >= 0.3 is 21.7 Å². The fourth-order valence-electron chi connectivity index (χ4n) is 3.61. The second-order valence-electron chi connectivity index (χ2n) is 8.33. The zero-order valence-electron chi connectivity index (χ0n) is 15.9. The van der Waals surface area contributed by atoms with E-state index in [2.05, 4.69) is 4.18 Å². The van der Waals surface area contributed by atoms with Crippen LogP contribution in [-0.2, 0) is 19.0 Å². The third kappa shape index (κ3) is 5.30. The van der Waals surface area contributed by atoms with Crippen molar-refractivity contribution in [2.45, 2.75) is 77.0 Å². The van der Waals surface area contributed by atoms with Crippen molar-refractivity contribution >= 4 is 16.2 Å². The minimum Gasteiger partial charge on any atom is -0.444 e. The standard InChI is InChI=1S/C17H26F3NO5S/c1-12-11-16(9-10-21(12)14(22)25-15(2,3)4)7-5-13(6-8-16)26-27(23,24)17(18,19)20/h5,12H,6-11H2,1-4H3. The van der Waals surface area contributed by atoms with E-state index in [1.807, 2.05) is 6.92 Å². The number of amides is 1. The van der Waals surface area contributed by atoms with E-state index in [0.717, 1.165) is 0 Å². The summed E-state index contributed by atoms with van der Waals surface area (Å²) in [4.78, 5) is 14.0. The number of allylic oxidation sites excluding steroid dienone is 2. The molecular weight excluding hydrogens is 387 g/mol. The Morgan fingerprint density at radius 1 is 1.26 bits per heavy atom. The highest BCUT2D eigenvalue weighted by atomic mass is 32.2. The van der Waals surface area contributed by atoms with E-state index < -0.39 is 21.2 Å². The highest BCUT2D eigenvalue weighted by molar-refractivity contribution is 7.87. The van der Waals surface area contributed by atoms with Gasteiger partial charge in [0.25, 0.3) is 0 Å². The van der Waals surface area contributed by atoms with Gasteiger partial charge in [0.2, 0.25) is 0 Å². The number of hydrogen-bond acceptors (Lipinski definition) is 5. The number of ether oxygens (including phenoxy) is 1. The Balaban J connectivity index is 1.99. The molecule has 2 unspecified atom stereocenters. The lowest BCUT2D eigenvalue weighted by molar-refractivity contribution is -0.0526. The van der Waals surface area contributed by atoms with Crippen molar-refractivity contribution in [3.05, 3.63) is 11.8 Å². The number of carbonyl (C=O) groups is 1. The fraction of sp³-hybridized carbons (Fsp3) is 0.824. The van der Waals surface area contributed by atoms with E-state index in [0.29, 0.717) is 32.2 Å². The molecule has 0 bridgehead atoms. The first-order valence-electron chi connectivity index (χ1n) is 8.84. The molecule has 27 heavy (non-hydrogen) atoms. The molecule has 1 heterocycles. The first-order valence-corrected chi connectivity index (χ1v) is 10.2. The number of alkyl halides is 3. The summed E-state index contributed by atoms with van der Waals surface area (Å²) >= 11 is 0. The average Bonchev–Trinajstić information content (AvgIpc) is 2.46. The normalized spacial score (nSPS) is 27.3. The van der Waals surface area contributed by atoms with E-state index in [-0.39, 0.29) is 29.7 Å². The molecule has 0 aromatic rings. The van der Waals surface area contributed by atoms with E-state index in [4.69, 9.17) is 4.74 Å². The lowest BCUT2D eigenvalue weighted by atomic mass is 9.68. The second-order valence-corrected chi connectivity index (χ2v) is 9.87. The summed E-state index contributed by atoms with van der Waals surface area (Å²) in [6, 6.07) is -0.0802. The predicted molar refractivity (Wildman–Crippen MR) is 92.1 cm³/mol. The highest BCUT2D eigenvalue weighted by Crippen LogP contribution is 2.46. The quantitative estimate of drug-likeness (QED) is 0.498. The molecule has 0 aromatic carbocycles. The SMILES string of the molecule is CC1CC2(CC=C(OS(=O)(=O)C(F)(F)F)CC2)CCN1C(=O)OC(C)(C)C. The molecule has 0 aromatic heterocycles. The van der Waals surface area contributed by atoms with Gasteiger partial charge in [0.1, 0.15) is 11.4 Å². The van der Waals surface area contributed by atoms with Crippen LogP contribution < -0.4 is 0 Å². The Kier molecular flexibility index (Phi) is 5.81. The van der Waals surface area contributed by atoms with Crippen LogP contribution in [0.1, 0.15) is 59.8 Å². The number of hydrogen-bond donors (Lipinski definition) is 0. The number of nitrogens with zero attached hydrogens (tertiary/aromatic N) is 1. The van der Waals surface area contributed by atoms with Crippen molar-refractivity contribution < 1.29 is 35.3 Å². The molecule has 6 nitrogen and oxygen atoms in total. The molecule has 1 amide bonds. The van der Waals surface area contributed by atoms with E-state index in [9.17, 15) is 26.4 Å². The average molecular weight is 413 g/mol. The largest absolute Gasteiger partial charge is 0.534 e. The van der Waals surface area contributed by atoms with Gasteiger partial charge in [-0.3, -0.25) is 0 Å². The molecule has 2 aliphatic rings. The van der Waals surface area contributed by atoms with Crippen molar-refractivity contribution in [2.75, 3.05) is 6.54 Å². The van der Waals surface area contributed by atoms with Crippen LogP contribution in [0.3, 0.4) is 0 Å². The van der Waals surface area contributed by atoms with E-state index >= 15 is 0 Å². The molecule has 1 saturated heterocycles. The summed E-state index contributed by atoms with van der Waals surface area (Å²) in [7, 11) is -5.63. The molecule has 1 fully saturated rings. The lowest BCUT2D eigenvalue weighted by Gasteiger charge is -2.46. The molecule has 10 heteroatoms. The summed E-state index contributed by atoms with van der Waals surface area (Å²) in [6.07, 6.45) is 3.45. The van der Waals surface area contributed by atoms with Crippen LogP contribution in [0.15, 0.2) is 11.8 Å². The third-order valence-corrected chi connectivity index (χ3v) is 5.94. The summed E-state index contributed by atoms with van der Waals surface area (Å²) in [5.41, 5.74) is -6.20. The molecule has 0 N–H and O–H groups in total. The van der Waals surface area contributed by atoms with E-state index in [1.54, 1.807) is 25.7 Å². The minimum atomic E-state index is -5.63. The topological polar surface area (TPSA) is 72.9 Å². The van der Waals surface area contributed by atoms with Crippen LogP contribution in [0, 0.1) is 5.41 Å². The molecule has 156 valence electrons. The molecule has 2 atom stereocenters. The van der Waals surface area contributed by atoms with Crippen LogP contribution in [0.25, 0.3) is 0 Å². The minimum absolute atomic E-state index is 0.0802. The monoisotopic (exact) mass is 413 g/mol. The van der Waals surface area contributed by atoms with Gasteiger partial charge in [-0.25, -0.2) is 4.79 Å². The van der Waals surface area contributed by atoms with Gasteiger partial charge in [-0.15, -0.1) is 0 Å². The highest BCUT2D eigenvalue weighted by Gasteiger charge is 2.49. The second kappa shape index (κ2) is 7.18. The Bertz CT molecular complexity index is 711. The van der Waals surface area contributed by atoms with E-state index in [1.165, 1.54) is 6.08 Å². The molecule has 1 aliphatic heterocycles. The third-order valence-electron chi connectivity index (χ3n) is 4.94. The van der Waals surface area contributed by atoms with Crippen molar-refractivity contribution in [3.8, 4) is 0 Å². The van der Waals surface area contributed by atoms with Crippen LogP contribution in [-0.4, -0.2) is 43.1 Å². The number of halogens is 3. The number of likely N-dealkylation sites (tertiary alicyclic amines) is 1. The van der Waals surface area contributed by atoms with Crippen molar-refractivity contribution in [2.24, 2.45) is 5.41 Å². The molecule has 2 rings (SSSR count). The van der Waals surface area contributed by atoms with Gasteiger partial charge in [0, 0.05) is 19.0 Å². The zero-order chi connectivity index (χ0) is 20.7. The van der Waals surface area contributed by atoms with Gasteiger partial charge in [-0.1, -0.05) is 0 Å². The van der Waals surface area contributed by atoms with Gasteiger partial charge in [0.05, 0.1) is 0 Å². The maximum absolute atomic E-state index is 12.4. The Hall–Kier alpha value is -1.45. The summed E-state index contributed by atoms with van der Waals surface area (Å²) in [6.45, 7) is 7.78. The van der Waals surface area contributed by atoms with Gasteiger partial charge in [-0.2, -0.15) is 21.6 Å². The van der Waals surface area contributed by atoms with Crippen molar-refractivity contribution in [1.29, 1.82) is 0 Å². The van der Waals surface area contributed by atoms with Crippen molar-refractivity contribution in [3.63, 3.8) is 0 Å². The number of piperidine rings is 1. The molecule has 1 spiro atoms. The summed E-state index contributed by atoms with van der Waals surface area (Å²) in [5, 5.41) is 0. The molecule has 0 saturated carbocycles. The van der Waals surface area contributed by atoms with Gasteiger partial charge < -0.3 is 13.8 Å². The number of rotatable bonds is 2. The summed E-state index contributed by atoms with van der Waals surface area (Å²) < 4.78 is 69.2. The maximum Gasteiger partial charge on any atom is 0.534 e. The first-order chi connectivity index (χ1) is 12.1. The molecule has 0 radical (unpaired) electrons. The van der Waals surface area contributed by atoms with Gasteiger partial charge in [-0.05, 0) is 64.9 Å². The van der Waals surface area contributed by atoms with Gasteiger partial charge in [0.15, 0.2) is 0 Å². The van der Waals surface area contributed by atoms with Crippen LogP contribution in [0.5, 0.6) is 0 Å². The Labute approximate surface area is 157 Å². The predicted octanol–water partition coefficient (Wildman–Crippen LogP) is 4.33. The molecular formula is C17H26F3NO5S.